The van der Waals surface area contributed by atoms with Gasteiger partial charge in [-0.3, -0.25) is 0 Å². The molecule has 2 unspecified atom stereocenters. The van der Waals surface area contributed by atoms with Crippen molar-refractivity contribution in [3.05, 3.63) is 47.3 Å². The van der Waals surface area contributed by atoms with Crippen molar-refractivity contribution in [1.82, 2.24) is 5.32 Å². The summed E-state index contributed by atoms with van der Waals surface area (Å²) in [5.41, 5.74) is 1.74. The van der Waals surface area contributed by atoms with Crippen molar-refractivity contribution in [1.29, 1.82) is 0 Å². The molecule has 0 aromatic heterocycles. The van der Waals surface area contributed by atoms with Gasteiger partial charge in [0.1, 0.15) is 5.82 Å². The molecular formula is C16H22FN. The third-order valence-electron chi connectivity index (χ3n) is 3.79. The summed E-state index contributed by atoms with van der Waals surface area (Å²) in [5, 5.41) is 3.51. The molecule has 98 valence electrons. The van der Waals surface area contributed by atoms with Crippen LogP contribution in [-0.2, 0) is 0 Å². The molecule has 2 rings (SSSR count). The second-order valence-corrected chi connectivity index (χ2v) is 5.29. The van der Waals surface area contributed by atoms with E-state index in [-0.39, 0.29) is 11.9 Å². The molecule has 18 heavy (non-hydrogen) atoms. The van der Waals surface area contributed by atoms with E-state index in [1.807, 2.05) is 12.1 Å². The molecule has 2 heteroatoms. The molecule has 0 saturated heterocycles. The van der Waals surface area contributed by atoms with Crippen LogP contribution in [0.5, 0.6) is 0 Å². The fraction of sp³-hybridized carbons (Fsp3) is 0.500. The zero-order valence-electron chi connectivity index (χ0n) is 11.2. The fourth-order valence-corrected chi connectivity index (χ4v) is 2.38. The van der Waals surface area contributed by atoms with E-state index in [1.165, 1.54) is 19.3 Å². The van der Waals surface area contributed by atoms with Crippen molar-refractivity contribution < 1.29 is 4.39 Å². The van der Waals surface area contributed by atoms with Crippen LogP contribution in [0.15, 0.2) is 30.4 Å². The Morgan fingerprint density at radius 2 is 2.22 bits per heavy atom. The molecule has 1 aromatic carbocycles. The monoisotopic (exact) mass is 247 g/mol. The molecule has 1 aliphatic rings. The van der Waals surface area contributed by atoms with E-state index in [4.69, 9.17) is 0 Å². The average Bonchev–Trinajstić information content (AvgIpc) is 2.40. The van der Waals surface area contributed by atoms with Gasteiger partial charge in [0, 0.05) is 6.04 Å². The first-order valence-corrected chi connectivity index (χ1v) is 6.81. The number of hydrogen-bond donors (Lipinski definition) is 1. The van der Waals surface area contributed by atoms with E-state index in [1.54, 1.807) is 13.0 Å². The highest BCUT2D eigenvalue weighted by Gasteiger charge is 2.12. The molecule has 0 aliphatic heterocycles. The molecule has 1 aliphatic carbocycles. The zero-order chi connectivity index (χ0) is 13.0. The van der Waals surface area contributed by atoms with Gasteiger partial charge in [0.15, 0.2) is 0 Å². The van der Waals surface area contributed by atoms with Gasteiger partial charge in [0.25, 0.3) is 0 Å². The lowest BCUT2D eigenvalue weighted by molar-refractivity contribution is 0.415. The quantitative estimate of drug-likeness (QED) is 0.788. The predicted octanol–water partition coefficient (Wildman–Crippen LogP) is 4.14. The molecule has 1 nitrogen and oxygen atoms in total. The van der Waals surface area contributed by atoms with Crippen LogP contribution in [0.4, 0.5) is 4.39 Å². The Labute approximate surface area is 109 Å². The average molecular weight is 247 g/mol. The molecule has 0 fully saturated rings. The minimum Gasteiger partial charge on any atom is -0.310 e. The van der Waals surface area contributed by atoms with Crippen LogP contribution in [0.1, 0.15) is 43.4 Å². The van der Waals surface area contributed by atoms with Crippen molar-refractivity contribution in [3.63, 3.8) is 0 Å². The molecule has 1 N–H and O–H groups in total. The van der Waals surface area contributed by atoms with Crippen molar-refractivity contribution >= 4 is 0 Å². The lowest BCUT2D eigenvalue weighted by atomic mass is 9.94. The lowest BCUT2D eigenvalue weighted by Gasteiger charge is -2.21. The van der Waals surface area contributed by atoms with Gasteiger partial charge in [-0.05, 0) is 62.8 Å². The van der Waals surface area contributed by atoms with Gasteiger partial charge in [-0.15, -0.1) is 0 Å². The number of hydrogen-bond acceptors (Lipinski definition) is 1. The van der Waals surface area contributed by atoms with Crippen molar-refractivity contribution in [3.8, 4) is 0 Å². The summed E-state index contributed by atoms with van der Waals surface area (Å²) < 4.78 is 13.5. The minimum absolute atomic E-state index is 0.109. The van der Waals surface area contributed by atoms with Crippen LogP contribution in [0.3, 0.4) is 0 Å². The normalized spacial score (nSPS) is 20.9. The van der Waals surface area contributed by atoms with Gasteiger partial charge >= 0.3 is 0 Å². The highest BCUT2D eigenvalue weighted by molar-refractivity contribution is 5.25. The Bertz CT molecular complexity index is 425. The minimum atomic E-state index is -0.109. The summed E-state index contributed by atoms with van der Waals surface area (Å²) in [5.74, 6) is 0.620. The number of nitrogens with one attached hydrogen (secondary N) is 1. The summed E-state index contributed by atoms with van der Waals surface area (Å²) in [6.07, 6.45) is 8.15. The van der Waals surface area contributed by atoms with Crippen LogP contribution in [0, 0.1) is 18.7 Å². The summed E-state index contributed by atoms with van der Waals surface area (Å²) >= 11 is 0. The molecule has 1 aromatic rings. The SMILES string of the molecule is Cc1ccc(C(C)NCC2CC=CCC2)cc1F. The highest BCUT2D eigenvalue weighted by atomic mass is 19.1. The van der Waals surface area contributed by atoms with Crippen LogP contribution in [0.25, 0.3) is 0 Å². The van der Waals surface area contributed by atoms with E-state index in [2.05, 4.69) is 24.4 Å². The molecule has 0 heterocycles. The molecule has 0 spiro atoms. The lowest BCUT2D eigenvalue weighted by Crippen LogP contribution is -2.26. The number of benzene rings is 1. The third kappa shape index (κ3) is 3.42. The second-order valence-electron chi connectivity index (χ2n) is 5.29. The van der Waals surface area contributed by atoms with E-state index in [0.717, 1.165) is 18.0 Å². The fourth-order valence-electron chi connectivity index (χ4n) is 2.38. The maximum Gasteiger partial charge on any atom is 0.126 e. The Balaban J connectivity index is 1.88. The molecule has 0 amide bonds. The van der Waals surface area contributed by atoms with E-state index >= 15 is 0 Å². The van der Waals surface area contributed by atoms with Gasteiger partial charge in [0.05, 0.1) is 0 Å². The first kappa shape index (κ1) is 13.3. The molecule has 2 atom stereocenters. The van der Waals surface area contributed by atoms with Crippen molar-refractivity contribution in [2.75, 3.05) is 6.54 Å². The highest BCUT2D eigenvalue weighted by Crippen LogP contribution is 2.20. The summed E-state index contributed by atoms with van der Waals surface area (Å²) in [7, 11) is 0. The molecule has 0 saturated carbocycles. The Morgan fingerprint density at radius 3 is 2.89 bits per heavy atom. The summed E-state index contributed by atoms with van der Waals surface area (Å²) in [4.78, 5) is 0. The van der Waals surface area contributed by atoms with Crippen LogP contribution in [0.2, 0.25) is 0 Å². The second kappa shape index (κ2) is 6.14. The predicted molar refractivity (Wildman–Crippen MR) is 74.0 cm³/mol. The van der Waals surface area contributed by atoms with Crippen LogP contribution in [-0.4, -0.2) is 6.54 Å². The Morgan fingerprint density at radius 1 is 1.39 bits per heavy atom. The first-order chi connectivity index (χ1) is 8.66. The standard InChI is InChI=1S/C16H22FN/c1-12-8-9-15(10-16(12)17)13(2)18-11-14-6-4-3-5-7-14/h3-4,8-10,13-14,18H,5-7,11H2,1-2H3. The number of rotatable bonds is 4. The number of allylic oxidation sites excluding steroid dienone is 2. The largest absolute Gasteiger partial charge is 0.310 e. The Kier molecular flexibility index (Phi) is 4.54. The smallest absolute Gasteiger partial charge is 0.126 e. The van der Waals surface area contributed by atoms with Crippen LogP contribution >= 0.6 is 0 Å². The summed E-state index contributed by atoms with van der Waals surface area (Å²) in [6, 6.07) is 5.72. The topological polar surface area (TPSA) is 12.0 Å². The number of halogens is 1. The third-order valence-corrected chi connectivity index (χ3v) is 3.79. The van der Waals surface area contributed by atoms with Gasteiger partial charge in [-0.2, -0.15) is 0 Å². The van der Waals surface area contributed by atoms with Gasteiger partial charge in [-0.25, -0.2) is 4.39 Å². The maximum absolute atomic E-state index is 13.5. The van der Waals surface area contributed by atoms with Crippen LogP contribution < -0.4 is 5.32 Å². The van der Waals surface area contributed by atoms with E-state index in [9.17, 15) is 4.39 Å². The molecular weight excluding hydrogens is 225 g/mol. The maximum atomic E-state index is 13.5. The van der Waals surface area contributed by atoms with Gasteiger partial charge in [-0.1, -0.05) is 24.3 Å². The van der Waals surface area contributed by atoms with Crippen molar-refractivity contribution in [2.45, 2.75) is 39.2 Å². The zero-order valence-corrected chi connectivity index (χ0v) is 11.2. The number of aryl methyl sites for hydroxylation is 1. The first-order valence-electron chi connectivity index (χ1n) is 6.81. The van der Waals surface area contributed by atoms with E-state index in [0.29, 0.717) is 5.56 Å². The van der Waals surface area contributed by atoms with E-state index < -0.39 is 0 Å². The molecule has 0 radical (unpaired) electrons. The molecule has 0 bridgehead atoms. The van der Waals surface area contributed by atoms with Gasteiger partial charge < -0.3 is 5.32 Å². The summed E-state index contributed by atoms with van der Waals surface area (Å²) in [6.45, 7) is 4.91. The van der Waals surface area contributed by atoms with Gasteiger partial charge in [0.2, 0.25) is 0 Å². The Hall–Kier alpha value is -1.15. The van der Waals surface area contributed by atoms with Crippen molar-refractivity contribution in [2.24, 2.45) is 5.92 Å².